The summed E-state index contributed by atoms with van der Waals surface area (Å²) in [5.74, 6) is 0.780. The zero-order valence-corrected chi connectivity index (χ0v) is 14.3. The zero-order valence-electron chi connectivity index (χ0n) is 14.3. The normalized spacial score (nSPS) is 27.1. The van der Waals surface area contributed by atoms with Crippen molar-refractivity contribution < 1.29 is 9.59 Å². The van der Waals surface area contributed by atoms with Crippen LogP contribution in [0.2, 0.25) is 0 Å². The van der Waals surface area contributed by atoms with Gasteiger partial charge in [0.15, 0.2) is 0 Å². The second kappa shape index (κ2) is 6.19. The van der Waals surface area contributed by atoms with E-state index in [-0.39, 0.29) is 23.9 Å². The molecule has 128 valence electrons. The fourth-order valence-electron chi connectivity index (χ4n) is 4.38. The van der Waals surface area contributed by atoms with Gasteiger partial charge in [-0.2, -0.15) is 0 Å². The molecular formula is C19H25N3O2. The number of aromatic nitrogens is 1. The van der Waals surface area contributed by atoms with Crippen LogP contribution < -0.4 is 0 Å². The number of fused-ring (bicyclic) bond motifs is 1. The molecule has 4 rings (SSSR count). The molecule has 2 atom stereocenters. The molecule has 0 unspecified atom stereocenters. The van der Waals surface area contributed by atoms with E-state index >= 15 is 0 Å². The van der Waals surface area contributed by atoms with Crippen molar-refractivity contribution in [1.29, 1.82) is 0 Å². The third-order valence-electron chi connectivity index (χ3n) is 5.90. The van der Waals surface area contributed by atoms with Crippen molar-refractivity contribution in [1.82, 2.24) is 14.8 Å². The van der Waals surface area contributed by atoms with Gasteiger partial charge in [0.2, 0.25) is 11.8 Å². The number of carbonyl (C=O) groups is 2. The Morgan fingerprint density at radius 3 is 2.75 bits per heavy atom. The molecule has 0 aromatic carbocycles. The second-order valence-corrected chi connectivity index (χ2v) is 7.41. The molecule has 0 radical (unpaired) electrons. The number of nitrogens with zero attached hydrogens (tertiary/aromatic N) is 3. The van der Waals surface area contributed by atoms with Gasteiger partial charge < -0.3 is 9.80 Å². The predicted molar refractivity (Wildman–Crippen MR) is 90.0 cm³/mol. The Hall–Kier alpha value is -1.91. The van der Waals surface area contributed by atoms with Gasteiger partial charge >= 0.3 is 0 Å². The molecule has 0 spiro atoms. The average Bonchev–Trinajstić information content (AvgIpc) is 2.92. The van der Waals surface area contributed by atoms with Crippen molar-refractivity contribution in [3.05, 3.63) is 29.6 Å². The molecule has 1 aromatic rings. The maximum absolute atomic E-state index is 12.7. The summed E-state index contributed by atoms with van der Waals surface area (Å²) in [5.41, 5.74) is 1.91. The Morgan fingerprint density at radius 1 is 1.21 bits per heavy atom. The van der Waals surface area contributed by atoms with E-state index in [1.165, 1.54) is 6.42 Å². The van der Waals surface area contributed by atoms with Crippen LogP contribution in [0.25, 0.3) is 0 Å². The number of rotatable bonds is 3. The maximum atomic E-state index is 12.7. The van der Waals surface area contributed by atoms with Crippen LogP contribution in [0.4, 0.5) is 0 Å². The predicted octanol–water partition coefficient (Wildman–Crippen LogP) is 2.28. The number of piperidine rings is 1. The lowest BCUT2D eigenvalue weighted by molar-refractivity contribution is -0.145. The Bertz CT molecular complexity index is 656. The topological polar surface area (TPSA) is 53.5 Å². The Labute approximate surface area is 143 Å². The standard InChI is InChI=1S/C19H25N3O2/c1-13-4-2-7-15(20-13)12-22-17-10-11-21(16(17)8-9-18(22)23)19(24)14-5-3-6-14/h2,4,7,14,16-17H,3,5-6,8-12H2,1H3/t16-,17-/m1/s1. The van der Waals surface area contributed by atoms with E-state index in [1.54, 1.807) is 0 Å². The van der Waals surface area contributed by atoms with Crippen LogP contribution in [0.3, 0.4) is 0 Å². The highest BCUT2D eigenvalue weighted by molar-refractivity contribution is 5.82. The summed E-state index contributed by atoms with van der Waals surface area (Å²) >= 11 is 0. The quantitative estimate of drug-likeness (QED) is 0.856. The molecular weight excluding hydrogens is 302 g/mol. The SMILES string of the molecule is Cc1cccc(CN2C(=O)CC[C@@H]3[C@H]2CCN3C(=O)C2CCC2)n1. The highest BCUT2D eigenvalue weighted by atomic mass is 16.2. The van der Waals surface area contributed by atoms with Gasteiger partial charge in [-0.3, -0.25) is 14.6 Å². The van der Waals surface area contributed by atoms with Crippen molar-refractivity contribution in [3.63, 3.8) is 0 Å². The summed E-state index contributed by atoms with van der Waals surface area (Å²) in [6.45, 7) is 3.34. The van der Waals surface area contributed by atoms with Crippen LogP contribution in [0.5, 0.6) is 0 Å². The molecule has 3 aliphatic rings. The van der Waals surface area contributed by atoms with Crippen molar-refractivity contribution in [2.45, 2.75) is 64.1 Å². The minimum Gasteiger partial charge on any atom is -0.337 e. The number of carbonyl (C=O) groups excluding carboxylic acids is 2. The van der Waals surface area contributed by atoms with Gasteiger partial charge in [0.1, 0.15) is 0 Å². The summed E-state index contributed by atoms with van der Waals surface area (Å²) in [5, 5.41) is 0. The Balaban J connectivity index is 1.51. The molecule has 2 saturated heterocycles. The minimum atomic E-state index is 0.164. The maximum Gasteiger partial charge on any atom is 0.226 e. The first-order valence-electron chi connectivity index (χ1n) is 9.16. The van der Waals surface area contributed by atoms with Crippen molar-refractivity contribution in [2.24, 2.45) is 5.92 Å². The molecule has 1 aliphatic carbocycles. The Kier molecular flexibility index (Phi) is 4.02. The third kappa shape index (κ3) is 2.70. The summed E-state index contributed by atoms with van der Waals surface area (Å²) in [6.07, 6.45) is 5.54. The first-order chi connectivity index (χ1) is 11.6. The molecule has 0 N–H and O–H groups in total. The van der Waals surface area contributed by atoms with E-state index in [2.05, 4.69) is 9.88 Å². The van der Waals surface area contributed by atoms with Gasteiger partial charge in [-0.15, -0.1) is 0 Å². The summed E-state index contributed by atoms with van der Waals surface area (Å²) in [7, 11) is 0. The molecule has 5 heteroatoms. The second-order valence-electron chi connectivity index (χ2n) is 7.41. The smallest absolute Gasteiger partial charge is 0.226 e. The van der Waals surface area contributed by atoms with Gasteiger partial charge in [0.25, 0.3) is 0 Å². The van der Waals surface area contributed by atoms with Crippen LogP contribution in [-0.2, 0) is 16.1 Å². The molecule has 0 bridgehead atoms. The fraction of sp³-hybridized carbons (Fsp3) is 0.632. The molecule has 2 aliphatic heterocycles. The molecule has 2 amide bonds. The lowest BCUT2D eigenvalue weighted by atomic mass is 9.84. The zero-order chi connectivity index (χ0) is 16.7. The third-order valence-corrected chi connectivity index (χ3v) is 5.90. The largest absolute Gasteiger partial charge is 0.337 e. The van der Waals surface area contributed by atoms with Gasteiger partial charge in [-0.25, -0.2) is 0 Å². The van der Waals surface area contributed by atoms with Gasteiger partial charge in [0, 0.05) is 24.6 Å². The van der Waals surface area contributed by atoms with Crippen LogP contribution in [-0.4, -0.2) is 45.2 Å². The molecule has 3 heterocycles. The molecule has 24 heavy (non-hydrogen) atoms. The van der Waals surface area contributed by atoms with Gasteiger partial charge in [-0.1, -0.05) is 12.5 Å². The first kappa shape index (κ1) is 15.6. The van der Waals surface area contributed by atoms with Crippen LogP contribution >= 0.6 is 0 Å². The highest BCUT2D eigenvalue weighted by Crippen LogP contribution is 2.36. The molecule has 1 aromatic heterocycles. The lowest BCUT2D eigenvalue weighted by Gasteiger charge is -2.41. The van der Waals surface area contributed by atoms with E-state index in [4.69, 9.17) is 0 Å². The summed E-state index contributed by atoms with van der Waals surface area (Å²) < 4.78 is 0. The molecule has 1 saturated carbocycles. The number of hydrogen-bond acceptors (Lipinski definition) is 3. The monoisotopic (exact) mass is 327 g/mol. The highest BCUT2D eigenvalue weighted by Gasteiger charge is 2.46. The van der Waals surface area contributed by atoms with Crippen molar-refractivity contribution in [2.75, 3.05) is 6.54 Å². The average molecular weight is 327 g/mol. The van der Waals surface area contributed by atoms with E-state index in [0.717, 1.165) is 43.6 Å². The number of likely N-dealkylation sites (tertiary alicyclic amines) is 2. The number of amides is 2. The van der Waals surface area contributed by atoms with E-state index in [9.17, 15) is 9.59 Å². The minimum absolute atomic E-state index is 0.164. The number of hydrogen-bond donors (Lipinski definition) is 0. The lowest BCUT2D eigenvalue weighted by Crippen LogP contribution is -2.54. The van der Waals surface area contributed by atoms with Gasteiger partial charge in [0.05, 0.1) is 24.3 Å². The van der Waals surface area contributed by atoms with E-state index in [1.807, 2.05) is 30.0 Å². The molecule has 3 fully saturated rings. The van der Waals surface area contributed by atoms with Crippen LogP contribution in [0, 0.1) is 12.8 Å². The number of aryl methyl sites for hydroxylation is 1. The first-order valence-corrected chi connectivity index (χ1v) is 9.16. The van der Waals surface area contributed by atoms with Crippen molar-refractivity contribution >= 4 is 11.8 Å². The van der Waals surface area contributed by atoms with E-state index in [0.29, 0.717) is 18.9 Å². The van der Waals surface area contributed by atoms with Gasteiger partial charge in [-0.05, 0) is 44.7 Å². The summed E-state index contributed by atoms with van der Waals surface area (Å²) in [4.78, 5) is 33.8. The van der Waals surface area contributed by atoms with Crippen LogP contribution in [0.1, 0.15) is 49.9 Å². The van der Waals surface area contributed by atoms with Crippen molar-refractivity contribution in [3.8, 4) is 0 Å². The van der Waals surface area contributed by atoms with E-state index < -0.39 is 0 Å². The summed E-state index contributed by atoms with van der Waals surface area (Å²) in [6, 6.07) is 6.32. The Morgan fingerprint density at radius 2 is 2.04 bits per heavy atom. The number of pyridine rings is 1. The van der Waals surface area contributed by atoms with Crippen LogP contribution in [0.15, 0.2) is 18.2 Å². The fourth-order valence-corrected chi connectivity index (χ4v) is 4.38. The molecule has 5 nitrogen and oxygen atoms in total.